The van der Waals surface area contributed by atoms with Gasteiger partial charge in [-0.05, 0) is 37.6 Å². The van der Waals surface area contributed by atoms with Gasteiger partial charge in [0.15, 0.2) is 0 Å². The third-order valence-corrected chi connectivity index (χ3v) is 2.66. The molecule has 0 spiro atoms. The van der Waals surface area contributed by atoms with Crippen LogP contribution in [0.3, 0.4) is 0 Å². The second kappa shape index (κ2) is 5.55. The van der Waals surface area contributed by atoms with Gasteiger partial charge in [-0.2, -0.15) is 0 Å². The number of rotatable bonds is 4. The van der Waals surface area contributed by atoms with Gasteiger partial charge in [0.2, 0.25) is 0 Å². The van der Waals surface area contributed by atoms with Crippen LogP contribution in [0.2, 0.25) is 0 Å². The van der Waals surface area contributed by atoms with E-state index in [2.05, 4.69) is 15.6 Å². The molecule has 2 amide bonds. The van der Waals surface area contributed by atoms with Crippen molar-refractivity contribution < 1.29 is 9.90 Å². The van der Waals surface area contributed by atoms with Crippen molar-refractivity contribution >= 4 is 22.6 Å². The molecule has 0 aliphatic heterocycles. The summed E-state index contributed by atoms with van der Waals surface area (Å²) in [6, 6.07) is 7.35. The average molecular weight is 247 g/mol. The molecule has 0 aliphatic carbocycles. The Morgan fingerprint density at radius 2 is 2.28 bits per heavy atom. The number of hydrogen-bond donors (Lipinski definition) is 4. The van der Waals surface area contributed by atoms with Gasteiger partial charge in [-0.3, -0.25) is 0 Å². The average Bonchev–Trinajstić information content (AvgIpc) is 2.75. The molecule has 5 nitrogen and oxygen atoms in total. The molecule has 96 valence electrons. The second-order valence-corrected chi connectivity index (χ2v) is 4.30. The van der Waals surface area contributed by atoms with Crippen LogP contribution in [0.4, 0.5) is 10.5 Å². The predicted molar refractivity (Wildman–Crippen MR) is 71.6 cm³/mol. The molecule has 0 aliphatic rings. The molecule has 0 bridgehead atoms. The molecule has 4 N–H and O–H groups in total. The summed E-state index contributed by atoms with van der Waals surface area (Å²) in [4.78, 5) is 14.6. The minimum atomic E-state index is -0.401. The van der Waals surface area contributed by atoms with Crippen molar-refractivity contribution in [3.05, 3.63) is 30.5 Å². The highest BCUT2D eigenvalue weighted by Gasteiger charge is 2.03. The largest absolute Gasteiger partial charge is 0.393 e. The zero-order chi connectivity index (χ0) is 13.0. The van der Waals surface area contributed by atoms with E-state index in [-0.39, 0.29) is 6.03 Å². The molecule has 5 heteroatoms. The number of carbonyl (C=O) groups is 1. The van der Waals surface area contributed by atoms with Gasteiger partial charge in [0, 0.05) is 29.3 Å². The normalized spacial score (nSPS) is 12.3. The molecule has 0 saturated heterocycles. The Morgan fingerprint density at radius 1 is 1.44 bits per heavy atom. The molecule has 2 aromatic rings. The Kier molecular flexibility index (Phi) is 3.84. The molecule has 1 aromatic heterocycles. The zero-order valence-electron chi connectivity index (χ0n) is 10.2. The lowest BCUT2D eigenvalue weighted by atomic mass is 10.2. The lowest BCUT2D eigenvalue weighted by Crippen LogP contribution is -2.30. The number of carbonyl (C=O) groups excluding carboxylic acids is 1. The van der Waals surface area contributed by atoms with Crippen molar-refractivity contribution in [2.24, 2.45) is 0 Å². The van der Waals surface area contributed by atoms with Crippen LogP contribution in [0.5, 0.6) is 0 Å². The molecular formula is C13H17N3O2. The SMILES string of the molecule is CC(O)CCNC(=O)Nc1ccc2[nH]ccc2c1. The van der Waals surface area contributed by atoms with E-state index in [0.29, 0.717) is 13.0 Å². The van der Waals surface area contributed by atoms with Crippen LogP contribution < -0.4 is 10.6 Å². The Hall–Kier alpha value is -2.01. The lowest BCUT2D eigenvalue weighted by molar-refractivity contribution is 0.184. The van der Waals surface area contributed by atoms with E-state index in [9.17, 15) is 4.79 Å². The predicted octanol–water partition coefficient (Wildman–Crippen LogP) is 2.06. The van der Waals surface area contributed by atoms with E-state index in [1.54, 1.807) is 6.92 Å². The summed E-state index contributed by atoms with van der Waals surface area (Å²) in [5.41, 5.74) is 1.78. The molecule has 1 aromatic carbocycles. The standard InChI is InChI=1S/C13H17N3O2/c1-9(17)4-6-15-13(18)16-11-2-3-12-10(8-11)5-7-14-12/h2-3,5,7-9,14,17H,4,6H2,1H3,(H2,15,16,18). The van der Waals surface area contributed by atoms with Crippen LogP contribution in [-0.2, 0) is 0 Å². The van der Waals surface area contributed by atoms with Crippen LogP contribution in [0.15, 0.2) is 30.5 Å². The molecule has 1 unspecified atom stereocenters. The number of fused-ring (bicyclic) bond motifs is 1. The maximum atomic E-state index is 11.6. The summed E-state index contributed by atoms with van der Waals surface area (Å²) in [5, 5.41) is 15.6. The first kappa shape index (κ1) is 12.4. The number of aliphatic hydroxyl groups excluding tert-OH is 1. The van der Waals surface area contributed by atoms with E-state index in [1.807, 2.05) is 30.5 Å². The Bertz CT molecular complexity index is 534. The molecule has 0 radical (unpaired) electrons. The fourth-order valence-electron chi connectivity index (χ4n) is 1.70. The fourth-order valence-corrected chi connectivity index (χ4v) is 1.70. The van der Waals surface area contributed by atoms with Gasteiger partial charge < -0.3 is 20.7 Å². The van der Waals surface area contributed by atoms with Gasteiger partial charge in [-0.25, -0.2) is 4.79 Å². The number of aromatic nitrogens is 1. The number of nitrogens with one attached hydrogen (secondary N) is 3. The Balaban J connectivity index is 1.90. The van der Waals surface area contributed by atoms with Crippen LogP contribution in [0, 0.1) is 0 Å². The first-order chi connectivity index (χ1) is 8.65. The highest BCUT2D eigenvalue weighted by Crippen LogP contribution is 2.17. The van der Waals surface area contributed by atoms with Crippen molar-refractivity contribution in [3.8, 4) is 0 Å². The third-order valence-electron chi connectivity index (χ3n) is 2.66. The van der Waals surface area contributed by atoms with Crippen molar-refractivity contribution in [1.82, 2.24) is 10.3 Å². The van der Waals surface area contributed by atoms with E-state index in [0.717, 1.165) is 16.6 Å². The molecule has 18 heavy (non-hydrogen) atoms. The van der Waals surface area contributed by atoms with Gasteiger partial charge in [-0.1, -0.05) is 0 Å². The van der Waals surface area contributed by atoms with Gasteiger partial charge in [0.1, 0.15) is 0 Å². The molecule has 1 atom stereocenters. The molecule has 2 rings (SSSR count). The fraction of sp³-hybridized carbons (Fsp3) is 0.308. The van der Waals surface area contributed by atoms with Crippen LogP contribution >= 0.6 is 0 Å². The Morgan fingerprint density at radius 3 is 3.06 bits per heavy atom. The molecule has 0 fully saturated rings. The third kappa shape index (κ3) is 3.24. The maximum Gasteiger partial charge on any atom is 0.319 e. The van der Waals surface area contributed by atoms with Crippen LogP contribution in [0.25, 0.3) is 10.9 Å². The minimum absolute atomic E-state index is 0.259. The second-order valence-electron chi connectivity index (χ2n) is 4.30. The highest BCUT2D eigenvalue weighted by atomic mass is 16.3. The minimum Gasteiger partial charge on any atom is -0.393 e. The highest BCUT2D eigenvalue weighted by molar-refractivity contribution is 5.92. The zero-order valence-corrected chi connectivity index (χ0v) is 10.2. The first-order valence-corrected chi connectivity index (χ1v) is 5.95. The van der Waals surface area contributed by atoms with Crippen molar-refractivity contribution in [3.63, 3.8) is 0 Å². The summed E-state index contributed by atoms with van der Waals surface area (Å²) in [7, 11) is 0. The smallest absolute Gasteiger partial charge is 0.319 e. The van der Waals surface area contributed by atoms with Gasteiger partial charge in [0.05, 0.1) is 6.10 Å². The van der Waals surface area contributed by atoms with Gasteiger partial charge in [0.25, 0.3) is 0 Å². The van der Waals surface area contributed by atoms with Gasteiger partial charge in [-0.15, -0.1) is 0 Å². The number of anilines is 1. The topological polar surface area (TPSA) is 77.2 Å². The first-order valence-electron chi connectivity index (χ1n) is 5.95. The van der Waals surface area contributed by atoms with E-state index in [4.69, 9.17) is 5.11 Å². The summed E-state index contributed by atoms with van der Waals surface area (Å²) in [6.45, 7) is 2.15. The van der Waals surface area contributed by atoms with Crippen molar-refractivity contribution in [1.29, 1.82) is 0 Å². The number of H-pyrrole nitrogens is 1. The van der Waals surface area contributed by atoms with E-state index in [1.165, 1.54) is 0 Å². The van der Waals surface area contributed by atoms with Crippen LogP contribution in [-0.4, -0.2) is 28.8 Å². The van der Waals surface area contributed by atoms with Crippen LogP contribution in [0.1, 0.15) is 13.3 Å². The summed E-state index contributed by atoms with van der Waals surface area (Å²) < 4.78 is 0. The van der Waals surface area contributed by atoms with Gasteiger partial charge >= 0.3 is 6.03 Å². The number of benzene rings is 1. The number of aromatic amines is 1. The summed E-state index contributed by atoms with van der Waals surface area (Å²) >= 11 is 0. The number of hydrogen-bond acceptors (Lipinski definition) is 2. The number of urea groups is 1. The quantitative estimate of drug-likeness (QED) is 0.667. The maximum absolute atomic E-state index is 11.6. The molecule has 0 saturated carbocycles. The van der Waals surface area contributed by atoms with E-state index >= 15 is 0 Å². The molecule has 1 heterocycles. The van der Waals surface area contributed by atoms with Crippen molar-refractivity contribution in [2.45, 2.75) is 19.4 Å². The summed E-state index contributed by atoms with van der Waals surface area (Å²) in [6.07, 6.45) is 2.00. The summed E-state index contributed by atoms with van der Waals surface area (Å²) in [5.74, 6) is 0. The monoisotopic (exact) mass is 247 g/mol. The number of amides is 2. The lowest BCUT2D eigenvalue weighted by Gasteiger charge is -2.08. The number of aliphatic hydroxyl groups is 1. The Labute approximate surface area is 105 Å². The van der Waals surface area contributed by atoms with E-state index < -0.39 is 6.10 Å². The molecular weight excluding hydrogens is 230 g/mol. The van der Waals surface area contributed by atoms with Crippen molar-refractivity contribution in [2.75, 3.05) is 11.9 Å².